The van der Waals surface area contributed by atoms with Gasteiger partial charge in [0.2, 0.25) is 0 Å². The molecule has 0 aliphatic heterocycles. The maximum absolute atomic E-state index is 13.1. The van der Waals surface area contributed by atoms with Gasteiger partial charge < -0.3 is 9.30 Å². The molecule has 2 heterocycles. The first-order valence-corrected chi connectivity index (χ1v) is 8.75. The van der Waals surface area contributed by atoms with Crippen molar-refractivity contribution >= 4 is 17.2 Å². The summed E-state index contributed by atoms with van der Waals surface area (Å²) in [5, 5.41) is 8.92. The minimum absolute atomic E-state index is 0.258. The van der Waals surface area contributed by atoms with Crippen molar-refractivity contribution in [2.24, 2.45) is 11.8 Å². The molecule has 0 saturated heterocycles. The SMILES string of the molecule is Cc1c(C=O)c2cnnc(OCc3ccc(F)cc3)c2n1CC1C[C@@H]1C. The normalized spacial score (nSPS) is 18.9. The van der Waals surface area contributed by atoms with Crippen LogP contribution in [-0.2, 0) is 13.2 Å². The first kappa shape index (κ1) is 16.7. The number of carbonyl (C=O) groups excluding carboxylic acids is 1. The average molecular weight is 353 g/mol. The molecule has 0 bridgehead atoms. The summed E-state index contributed by atoms with van der Waals surface area (Å²) in [7, 11) is 0. The van der Waals surface area contributed by atoms with Gasteiger partial charge in [-0.15, -0.1) is 5.10 Å². The third-order valence-corrected chi connectivity index (χ3v) is 5.25. The lowest BCUT2D eigenvalue weighted by Gasteiger charge is -2.11. The predicted octanol–water partition coefficient (Wildman–Crippen LogP) is 3.93. The second-order valence-corrected chi connectivity index (χ2v) is 7.03. The molecule has 6 heteroatoms. The zero-order valence-corrected chi connectivity index (χ0v) is 14.8. The molecule has 1 saturated carbocycles. The Kier molecular flexibility index (Phi) is 4.18. The summed E-state index contributed by atoms with van der Waals surface area (Å²) in [6.07, 6.45) is 3.68. The number of carbonyl (C=O) groups is 1. The van der Waals surface area contributed by atoms with E-state index in [0.29, 0.717) is 23.3 Å². The zero-order chi connectivity index (χ0) is 18.3. The van der Waals surface area contributed by atoms with Crippen LogP contribution in [0.4, 0.5) is 4.39 Å². The second kappa shape index (κ2) is 6.52. The van der Waals surface area contributed by atoms with Crippen molar-refractivity contribution in [1.29, 1.82) is 0 Å². The number of halogens is 1. The predicted molar refractivity (Wildman–Crippen MR) is 95.7 cm³/mol. The molecule has 0 spiro atoms. The summed E-state index contributed by atoms with van der Waals surface area (Å²) in [5.41, 5.74) is 3.19. The number of hydrogen-bond donors (Lipinski definition) is 0. The lowest BCUT2D eigenvalue weighted by atomic mass is 10.2. The van der Waals surface area contributed by atoms with Crippen LogP contribution in [0.15, 0.2) is 30.5 Å². The first-order valence-electron chi connectivity index (χ1n) is 8.75. The third-order valence-electron chi connectivity index (χ3n) is 5.25. The number of aromatic nitrogens is 3. The van der Waals surface area contributed by atoms with Gasteiger partial charge in [-0.05, 0) is 42.9 Å². The van der Waals surface area contributed by atoms with Crippen molar-refractivity contribution in [3.63, 3.8) is 0 Å². The Labute approximate surface area is 150 Å². The lowest BCUT2D eigenvalue weighted by Crippen LogP contribution is -2.06. The summed E-state index contributed by atoms with van der Waals surface area (Å²) in [6.45, 7) is 5.28. The summed E-state index contributed by atoms with van der Waals surface area (Å²) in [4.78, 5) is 11.6. The molecule has 1 fully saturated rings. The van der Waals surface area contributed by atoms with E-state index < -0.39 is 0 Å². The van der Waals surface area contributed by atoms with Gasteiger partial charge in [-0.2, -0.15) is 5.10 Å². The van der Waals surface area contributed by atoms with Crippen molar-refractivity contribution in [1.82, 2.24) is 14.8 Å². The Morgan fingerprint density at radius 2 is 2.08 bits per heavy atom. The van der Waals surface area contributed by atoms with Gasteiger partial charge in [-0.25, -0.2) is 4.39 Å². The fourth-order valence-corrected chi connectivity index (χ4v) is 3.42. The van der Waals surface area contributed by atoms with E-state index in [-0.39, 0.29) is 12.4 Å². The highest BCUT2D eigenvalue weighted by molar-refractivity contribution is 6.00. The minimum atomic E-state index is -0.283. The maximum Gasteiger partial charge on any atom is 0.258 e. The van der Waals surface area contributed by atoms with Gasteiger partial charge in [0.1, 0.15) is 17.9 Å². The van der Waals surface area contributed by atoms with Crippen LogP contribution in [0.3, 0.4) is 0 Å². The van der Waals surface area contributed by atoms with E-state index in [0.717, 1.165) is 35.0 Å². The molecule has 26 heavy (non-hydrogen) atoms. The van der Waals surface area contributed by atoms with E-state index in [2.05, 4.69) is 21.7 Å². The molecule has 3 aromatic rings. The van der Waals surface area contributed by atoms with Gasteiger partial charge in [0.15, 0.2) is 6.29 Å². The number of fused-ring (bicyclic) bond motifs is 1. The van der Waals surface area contributed by atoms with Crippen LogP contribution >= 0.6 is 0 Å². The minimum Gasteiger partial charge on any atom is -0.470 e. The van der Waals surface area contributed by atoms with Crippen molar-refractivity contribution in [3.8, 4) is 5.88 Å². The summed E-state index contributed by atoms with van der Waals surface area (Å²) >= 11 is 0. The van der Waals surface area contributed by atoms with E-state index in [1.165, 1.54) is 18.6 Å². The van der Waals surface area contributed by atoms with Crippen LogP contribution in [0.2, 0.25) is 0 Å². The molecule has 1 unspecified atom stereocenters. The monoisotopic (exact) mass is 353 g/mol. The van der Waals surface area contributed by atoms with Crippen molar-refractivity contribution in [2.45, 2.75) is 33.4 Å². The molecule has 1 aromatic carbocycles. The molecule has 1 aliphatic rings. The topological polar surface area (TPSA) is 57.0 Å². The Hall–Kier alpha value is -2.76. The van der Waals surface area contributed by atoms with Crippen molar-refractivity contribution < 1.29 is 13.9 Å². The Morgan fingerprint density at radius 1 is 1.35 bits per heavy atom. The molecule has 2 atom stereocenters. The summed E-state index contributed by atoms with van der Waals surface area (Å²) < 4.78 is 21.1. The number of benzene rings is 1. The van der Waals surface area contributed by atoms with Gasteiger partial charge in [0.05, 0.1) is 6.20 Å². The largest absolute Gasteiger partial charge is 0.470 e. The van der Waals surface area contributed by atoms with Crippen LogP contribution in [0.5, 0.6) is 5.88 Å². The van der Waals surface area contributed by atoms with Crippen molar-refractivity contribution in [3.05, 3.63) is 53.1 Å². The molecular weight excluding hydrogens is 333 g/mol. The van der Waals surface area contributed by atoms with E-state index in [4.69, 9.17) is 4.74 Å². The Balaban J connectivity index is 1.71. The average Bonchev–Trinajstić information content (AvgIpc) is 3.27. The molecule has 5 nitrogen and oxygen atoms in total. The van der Waals surface area contributed by atoms with E-state index in [1.807, 2.05) is 6.92 Å². The Morgan fingerprint density at radius 3 is 2.73 bits per heavy atom. The number of rotatable bonds is 6. The number of aldehydes is 1. The van der Waals surface area contributed by atoms with E-state index in [1.54, 1.807) is 18.3 Å². The van der Waals surface area contributed by atoms with Crippen LogP contribution < -0.4 is 4.74 Å². The van der Waals surface area contributed by atoms with Crippen LogP contribution in [-0.4, -0.2) is 21.1 Å². The van der Waals surface area contributed by atoms with Gasteiger partial charge >= 0.3 is 0 Å². The van der Waals surface area contributed by atoms with E-state index in [9.17, 15) is 9.18 Å². The molecule has 2 aromatic heterocycles. The number of nitrogens with zero attached hydrogens (tertiary/aromatic N) is 3. The van der Waals surface area contributed by atoms with Gasteiger partial charge in [0.25, 0.3) is 5.88 Å². The van der Waals surface area contributed by atoms with Gasteiger partial charge in [-0.3, -0.25) is 4.79 Å². The van der Waals surface area contributed by atoms with Gasteiger partial charge in [0, 0.05) is 23.2 Å². The second-order valence-electron chi connectivity index (χ2n) is 7.03. The summed E-state index contributed by atoms with van der Waals surface area (Å²) in [5.74, 6) is 1.43. The number of ether oxygens (including phenoxy) is 1. The fraction of sp³-hybridized carbons (Fsp3) is 0.350. The molecule has 134 valence electrons. The first-order chi connectivity index (χ1) is 12.6. The standard InChI is InChI=1S/C20H20FN3O2/c1-12-7-15(12)9-24-13(2)18(10-25)17-8-22-23-20(19(17)24)26-11-14-3-5-16(21)6-4-14/h3-6,8,10,12,15H,7,9,11H2,1-2H3/t12-,15?/m0/s1. The highest BCUT2D eigenvalue weighted by Crippen LogP contribution is 2.41. The molecule has 4 rings (SSSR count). The molecule has 0 radical (unpaired) electrons. The summed E-state index contributed by atoms with van der Waals surface area (Å²) in [6, 6.07) is 6.15. The maximum atomic E-state index is 13.1. The Bertz CT molecular complexity index is 965. The molecule has 0 N–H and O–H groups in total. The van der Waals surface area contributed by atoms with Crippen LogP contribution in [0.25, 0.3) is 10.9 Å². The van der Waals surface area contributed by atoms with Gasteiger partial charge in [-0.1, -0.05) is 19.1 Å². The van der Waals surface area contributed by atoms with Crippen molar-refractivity contribution in [2.75, 3.05) is 0 Å². The van der Waals surface area contributed by atoms with E-state index >= 15 is 0 Å². The highest BCUT2D eigenvalue weighted by Gasteiger charge is 2.34. The van der Waals surface area contributed by atoms with Crippen LogP contribution in [0, 0.1) is 24.6 Å². The molecule has 1 aliphatic carbocycles. The molecular formula is C20H20FN3O2. The third kappa shape index (κ3) is 2.96. The quantitative estimate of drug-likeness (QED) is 0.630. The smallest absolute Gasteiger partial charge is 0.258 e. The van der Waals surface area contributed by atoms with Crippen LogP contribution in [0.1, 0.15) is 35.0 Å². The lowest BCUT2D eigenvalue weighted by molar-refractivity contribution is 0.112. The zero-order valence-electron chi connectivity index (χ0n) is 14.8. The number of hydrogen-bond acceptors (Lipinski definition) is 4. The highest BCUT2D eigenvalue weighted by atomic mass is 19.1. The fourth-order valence-electron chi connectivity index (χ4n) is 3.42. The molecule has 0 amide bonds.